The van der Waals surface area contributed by atoms with Crippen LogP contribution in [0.15, 0.2) is 267 Å². The van der Waals surface area contributed by atoms with Crippen molar-refractivity contribution in [3.63, 3.8) is 0 Å². The third-order valence-corrected chi connectivity index (χ3v) is 14.8. The van der Waals surface area contributed by atoms with Crippen LogP contribution in [-0.2, 0) is 0 Å². The lowest BCUT2D eigenvalue weighted by molar-refractivity contribution is 1.62. The van der Waals surface area contributed by atoms with Gasteiger partial charge in [0.15, 0.2) is 0 Å². The molecule has 14 aromatic carbocycles. The highest BCUT2D eigenvalue weighted by atomic mass is 14.3. The molecule has 0 saturated carbocycles. The van der Waals surface area contributed by atoms with E-state index in [2.05, 4.69) is 267 Å². The molecule has 0 heterocycles. The largest absolute Gasteiger partial charge is 0.0622 e. The SMILES string of the molecule is c1ccc(-c2c(-c3ccc4ccccc4c3)c3ccccc3c3cc4c(-c5cccc(-c6cccc7ccccc67)c5)c5ccccc5c(-c5cccc(-c6cccc7ccccc67)c5)c4cc23)cc1. The minimum atomic E-state index is 1.19. The van der Waals surface area contributed by atoms with E-state index >= 15 is 0 Å². The summed E-state index contributed by atoms with van der Waals surface area (Å²) in [6.07, 6.45) is 0. The molecule has 0 aliphatic heterocycles. The van der Waals surface area contributed by atoms with Crippen molar-refractivity contribution in [1.29, 1.82) is 0 Å². The van der Waals surface area contributed by atoms with E-state index in [0.29, 0.717) is 0 Å². The number of benzene rings is 14. The molecule has 14 rings (SSSR count). The first kappa shape index (κ1) is 40.0. The van der Waals surface area contributed by atoms with E-state index in [1.165, 1.54) is 142 Å². The Morgan fingerprint density at radius 3 is 1.10 bits per heavy atom. The standard InChI is InChI=1S/C70H44/c1-2-21-48(22-3-1)69-64-44-66-65(43-63(64)59-32-10-11-33-60(59)70(69)54-39-38-45-18-4-5-23-49(45)40-54)67(52-28-14-26-50(41-52)57-36-16-24-46-19-6-8-30-55(46)57)61-34-12-13-35-62(61)68(66)53-29-15-27-51(42-53)58-37-17-25-47-20-7-9-31-56(47)58/h1-44H. The Hall–Kier alpha value is -9.10. The van der Waals surface area contributed by atoms with Crippen molar-refractivity contribution in [2.24, 2.45) is 0 Å². The van der Waals surface area contributed by atoms with E-state index in [9.17, 15) is 0 Å². The second-order valence-electron chi connectivity index (χ2n) is 18.7. The topological polar surface area (TPSA) is 0 Å². The van der Waals surface area contributed by atoms with Crippen LogP contribution in [0, 0.1) is 0 Å². The van der Waals surface area contributed by atoms with Gasteiger partial charge in [-0.05, 0) is 173 Å². The number of rotatable bonds is 6. The predicted octanol–water partition coefficient (Wildman–Crippen LogP) is 19.8. The summed E-state index contributed by atoms with van der Waals surface area (Å²) in [5.41, 5.74) is 14.7. The maximum atomic E-state index is 2.55. The first-order valence-corrected chi connectivity index (χ1v) is 24.3. The van der Waals surface area contributed by atoms with Gasteiger partial charge >= 0.3 is 0 Å². The fourth-order valence-electron chi connectivity index (χ4n) is 11.7. The zero-order chi connectivity index (χ0) is 46.1. The van der Waals surface area contributed by atoms with E-state index < -0.39 is 0 Å². The Balaban J connectivity index is 1.14. The molecule has 0 aromatic heterocycles. The molecule has 0 bridgehead atoms. The van der Waals surface area contributed by atoms with E-state index in [1.54, 1.807) is 0 Å². The third kappa shape index (κ3) is 6.45. The van der Waals surface area contributed by atoms with Gasteiger partial charge in [-0.25, -0.2) is 0 Å². The molecule has 0 amide bonds. The van der Waals surface area contributed by atoms with Gasteiger partial charge in [0.1, 0.15) is 0 Å². The van der Waals surface area contributed by atoms with Crippen LogP contribution in [0.5, 0.6) is 0 Å². The maximum Gasteiger partial charge on any atom is -0.00201 e. The third-order valence-electron chi connectivity index (χ3n) is 14.8. The van der Waals surface area contributed by atoms with Gasteiger partial charge in [-0.15, -0.1) is 0 Å². The van der Waals surface area contributed by atoms with Crippen LogP contribution in [0.3, 0.4) is 0 Å². The summed E-state index contributed by atoms with van der Waals surface area (Å²) in [7, 11) is 0. The highest BCUT2D eigenvalue weighted by Crippen LogP contribution is 2.51. The van der Waals surface area contributed by atoms with Gasteiger partial charge in [0, 0.05) is 0 Å². The summed E-state index contributed by atoms with van der Waals surface area (Å²) in [6.45, 7) is 0. The van der Waals surface area contributed by atoms with E-state index in [1.807, 2.05) is 0 Å². The van der Waals surface area contributed by atoms with E-state index in [-0.39, 0.29) is 0 Å². The minimum Gasteiger partial charge on any atom is -0.0622 e. The first-order chi connectivity index (χ1) is 34.7. The van der Waals surface area contributed by atoms with Crippen molar-refractivity contribution in [2.75, 3.05) is 0 Å². The fraction of sp³-hybridized carbons (Fsp3) is 0. The molecule has 0 aliphatic carbocycles. The molecule has 0 unspecified atom stereocenters. The number of hydrogen-bond acceptors (Lipinski definition) is 0. The smallest absolute Gasteiger partial charge is 0.00201 e. The highest BCUT2D eigenvalue weighted by Gasteiger charge is 2.23. The summed E-state index contributed by atoms with van der Waals surface area (Å²) in [6, 6.07) is 99.3. The van der Waals surface area contributed by atoms with E-state index in [4.69, 9.17) is 0 Å². The number of hydrogen-bond donors (Lipinski definition) is 0. The summed E-state index contributed by atoms with van der Waals surface area (Å²) >= 11 is 0. The zero-order valence-electron chi connectivity index (χ0n) is 38.4. The molecule has 0 nitrogen and oxygen atoms in total. The fourth-order valence-corrected chi connectivity index (χ4v) is 11.7. The Kier molecular flexibility index (Phi) is 9.32. The summed E-state index contributed by atoms with van der Waals surface area (Å²) in [5, 5.41) is 17.3. The van der Waals surface area contributed by atoms with Gasteiger partial charge in [0.25, 0.3) is 0 Å². The van der Waals surface area contributed by atoms with Crippen molar-refractivity contribution in [1.82, 2.24) is 0 Å². The second-order valence-corrected chi connectivity index (χ2v) is 18.7. The normalized spacial score (nSPS) is 11.7. The first-order valence-electron chi connectivity index (χ1n) is 24.3. The lowest BCUT2D eigenvalue weighted by Gasteiger charge is -2.23. The molecule has 324 valence electrons. The Bertz CT molecular complexity index is 4390. The second kappa shape index (κ2) is 16.3. The van der Waals surface area contributed by atoms with Gasteiger partial charge in [-0.2, -0.15) is 0 Å². The molecule has 0 heteroatoms. The molecule has 0 radical (unpaired) electrons. The van der Waals surface area contributed by atoms with Crippen LogP contribution in [0.1, 0.15) is 0 Å². The predicted molar refractivity (Wildman–Crippen MR) is 302 cm³/mol. The lowest BCUT2D eigenvalue weighted by atomic mass is 9.80. The number of fused-ring (bicyclic) bond motifs is 8. The minimum absolute atomic E-state index is 1.19. The van der Waals surface area contributed by atoms with Crippen molar-refractivity contribution < 1.29 is 0 Å². The molecule has 0 spiro atoms. The summed E-state index contributed by atoms with van der Waals surface area (Å²) in [5.74, 6) is 0. The molecule has 0 fully saturated rings. The average Bonchev–Trinajstić information content (AvgIpc) is 3.44. The molecule has 14 aromatic rings. The Morgan fingerprint density at radius 2 is 0.514 bits per heavy atom. The maximum absolute atomic E-state index is 2.55. The van der Waals surface area contributed by atoms with Crippen LogP contribution >= 0.6 is 0 Å². The van der Waals surface area contributed by atoms with Crippen molar-refractivity contribution >= 4 is 75.4 Å². The average molecular weight is 885 g/mol. The lowest BCUT2D eigenvalue weighted by Crippen LogP contribution is -1.95. The molecule has 0 saturated heterocycles. The summed E-state index contributed by atoms with van der Waals surface area (Å²) < 4.78 is 0. The van der Waals surface area contributed by atoms with Crippen LogP contribution in [-0.4, -0.2) is 0 Å². The molecular weight excluding hydrogens is 841 g/mol. The highest BCUT2D eigenvalue weighted by molar-refractivity contribution is 6.29. The molecule has 0 N–H and O–H groups in total. The monoisotopic (exact) mass is 884 g/mol. The van der Waals surface area contributed by atoms with Gasteiger partial charge in [-0.3, -0.25) is 0 Å². The van der Waals surface area contributed by atoms with Gasteiger partial charge < -0.3 is 0 Å². The zero-order valence-corrected chi connectivity index (χ0v) is 38.4. The van der Waals surface area contributed by atoms with Crippen LogP contribution in [0.2, 0.25) is 0 Å². The van der Waals surface area contributed by atoms with Crippen molar-refractivity contribution in [3.8, 4) is 66.8 Å². The molecule has 0 atom stereocenters. The Morgan fingerprint density at radius 1 is 0.143 bits per heavy atom. The van der Waals surface area contributed by atoms with Crippen molar-refractivity contribution in [2.45, 2.75) is 0 Å². The van der Waals surface area contributed by atoms with Gasteiger partial charge in [0.2, 0.25) is 0 Å². The van der Waals surface area contributed by atoms with Crippen LogP contribution in [0.4, 0.5) is 0 Å². The van der Waals surface area contributed by atoms with Gasteiger partial charge in [-0.1, -0.05) is 237 Å². The molecule has 70 heavy (non-hydrogen) atoms. The van der Waals surface area contributed by atoms with Crippen LogP contribution in [0.25, 0.3) is 142 Å². The molecular formula is C70H44. The quantitative estimate of drug-likeness (QED) is 0.115. The van der Waals surface area contributed by atoms with Crippen LogP contribution < -0.4 is 0 Å². The Labute approximate surface area is 407 Å². The molecule has 0 aliphatic rings. The summed E-state index contributed by atoms with van der Waals surface area (Å²) in [4.78, 5) is 0. The van der Waals surface area contributed by atoms with Crippen molar-refractivity contribution in [3.05, 3.63) is 267 Å². The van der Waals surface area contributed by atoms with E-state index in [0.717, 1.165) is 0 Å². The van der Waals surface area contributed by atoms with Gasteiger partial charge in [0.05, 0.1) is 0 Å².